The molecule has 0 aromatic rings. The molecule has 4 fully saturated rings. The molecule has 0 saturated heterocycles. The maximum Gasteiger partial charge on any atom is 0.0675 e. The van der Waals surface area contributed by atoms with Gasteiger partial charge in [0.25, 0.3) is 0 Å². The summed E-state index contributed by atoms with van der Waals surface area (Å²) in [5.41, 5.74) is -1.36. The Morgan fingerprint density at radius 1 is 1.00 bits per heavy atom. The van der Waals surface area contributed by atoms with Crippen LogP contribution in [0.5, 0.6) is 0 Å². The fourth-order valence-electron chi connectivity index (χ4n) is 6.68. The molecule has 1 unspecified atom stereocenters. The zero-order chi connectivity index (χ0) is 20.3. The van der Waals surface area contributed by atoms with E-state index in [1.807, 2.05) is 13.8 Å². The summed E-state index contributed by atoms with van der Waals surface area (Å²) in [6, 6.07) is 0. The molecule has 22 heavy (non-hydrogen) atoms. The molecule has 0 aliphatic heterocycles. The predicted octanol–water partition coefficient (Wildman–Crippen LogP) is 4.14. The summed E-state index contributed by atoms with van der Waals surface area (Å²) >= 11 is 0. The molecule has 0 heterocycles. The van der Waals surface area contributed by atoms with Gasteiger partial charge in [0, 0.05) is 5.48 Å². The molecule has 126 valence electrons. The monoisotopic (exact) mass is 311 g/mol. The van der Waals surface area contributed by atoms with E-state index in [1.54, 1.807) is 0 Å². The Hall–Kier alpha value is -0.0800. The van der Waals surface area contributed by atoms with E-state index in [-0.39, 0.29) is 17.8 Å². The van der Waals surface area contributed by atoms with Crippen LogP contribution < -0.4 is 0 Å². The van der Waals surface area contributed by atoms with E-state index >= 15 is 0 Å². The van der Waals surface area contributed by atoms with Crippen molar-refractivity contribution in [1.82, 2.24) is 0 Å². The van der Waals surface area contributed by atoms with E-state index in [9.17, 15) is 10.2 Å². The molecular weight excluding hydrogens is 272 g/mol. The van der Waals surface area contributed by atoms with Gasteiger partial charge in [0.2, 0.25) is 0 Å². The van der Waals surface area contributed by atoms with Gasteiger partial charge in [-0.25, -0.2) is 0 Å². The first-order chi connectivity index (χ1) is 12.1. The third kappa shape index (κ3) is 1.86. The van der Waals surface area contributed by atoms with Crippen LogP contribution in [0, 0.1) is 34.5 Å². The van der Waals surface area contributed by atoms with Crippen molar-refractivity contribution in [2.75, 3.05) is 0 Å². The van der Waals surface area contributed by atoms with Crippen molar-refractivity contribution >= 4 is 0 Å². The molecule has 2 nitrogen and oxygen atoms in total. The first kappa shape index (κ1) is 10.7. The molecule has 4 rings (SSSR count). The highest BCUT2D eigenvalue weighted by Gasteiger charge is 2.63. The highest BCUT2D eigenvalue weighted by atomic mass is 16.3. The van der Waals surface area contributed by atoms with Gasteiger partial charge in [-0.2, -0.15) is 0 Å². The SMILES string of the molecule is [2H]C1([2H])C[C@@]2(C)C(CC[C@@H]3[C@@H]2CC[C@@]2(C)[C@H]3CC[C@@]2(C)O)C([2H])([2H])[C@]1([2H])O. The smallest absolute Gasteiger partial charge is 0.0675 e. The second-order valence-electron chi connectivity index (χ2n) is 9.13. The Morgan fingerprint density at radius 3 is 2.50 bits per heavy atom. The third-order valence-electron chi connectivity index (χ3n) is 8.38. The second-order valence-corrected chi connectivity index (χ2v) is 9.13. The molecule has 2 N–H and O–H groups in total. The predicted molar refractivity (Wildman–Crippen MR) is 88.4 cm³/mol. The van der Waals surface area contributed by atoms with Crippen molar-refractivity contribution in [3.8, 4) is 0 Å². The van der Waals surface area contributed by atoms with Crippen molar-refractivity contribution in [1.29, 1.82) is 0 Å². The number of aliphatic hydroxyl groups is 2. The van der Waals surface area contributed by atoms with Crippen LogP contribution in [0.2, 0.25) is 0 Å². The third-order valence-corrected chi connectivity index (χ3v) is 8.38. The first-order valence-electron chi connectivity index (χ1n) is 11.6. The van der Waals surface area contributed by atoms with Crippen molar-refractivity contribution in [3.05, 3.63) is 0 Å². The summed E-state index contributed by atoms with van der Waals surface area (Å²) in [4.78, 5) is 0. The van der Waals surface area contributed by atoms with Crippen molar-refractivity contribution in [2.24, 2.45) is 34.5 Å². The van der Waals surface area contributed by atoms with E-state index < -0.39 is 35.8 Å². The molecular formula is C20H34O2. The van der Waals surface area contributed by atoms with Gasteiger partial charge in [0.15, 0.2) is 0 Å². The molecule has 0 radical (unpaired) electrons. The van der Waals surface area contributed by atoms with Crippen LogP contribution in [0.4, 0.5) is 0 Å². The summed E-state index contributed by atoms with van der Waals surface area (Å²) in [6.45, 7) is 6.17. The van der Waals surface area contributed by atoms with Crippen LogP contribution in [0.15, 0.2) is 0 Å². The number of rotatable bonds is 0. The number of hydrogen-bond acceptors (Lipinski definition) is 2. The first-order valence-corrected chi connectivity index (χ1v) is 9.07. The molecule has 2 heteroatoms. The van der Waals surface area contributed by atoms with Crippen molar-refractivity contribution in [2.45, 2.75) is 90.1 Å². The number of hydrogen-bond donors (Lipinski definition) is 2. The summed E-state index contributed by atoms with van der Waals surface area (Å²) in [6.07, 6.45) is -2.31. The van der Waals surface area contributed by atoms with Gasteiger partial charge < -0.3 is 10.2 Å². The van der Waals surface area contributed by atoms with Gasteiger partial charge >= 0.3 is 0 Å². The summed E-state index contributed by atoms with van der Waals surface area (Å²) in [5.74, 6) is 0.424. The average Bonchev–Trinajstić information content (AvgIpc) is 2.75. The molecule has 8 atom stereocenters. The highest BCUT2D eigenvalue weighted by Crippen LogP contribution is 2.68. The minimum absolute atomic E-state index is 0.0329. The Labute approximate surface area is 142 Å². The van der Waals surface area contributed by atoms with Gasteiger partial charge in [-0.05, 0) is 99.1 Å². The van der Waals surface area contributed by atoms with E-state index in [0.29, 0.717) is 18.3 Å². The standard InChI is InChI=1S/C20H34O2/c1-18-9-6-14(21)12-13(18)4-5-15-16(18)7-10-19(2)17(15)8-11-20(19,3)22/h13-17,21-22H,4-12H2,1-3H3/t13?,14-,15-,16+,17+,18+,19+,20-/m1/s1/i6D2,12D2,14D. The Morgan fingerprint density at radius 2 is 1.73 bits per heavy atom. The molecule has 0 amide bonds. The Balaban J connectivity index is 1.74. The van der Waals surface area contributed by atoms with E-state index in [2.05, 4.69) is 6.92 Å². The second kappa shape index (κ2) is 4.72. The van der Waals surface area contributed by atoms with Gasteiger partial charge in [-0.1, -0.05) is 13.8 Å². The Kier molecular flexibility index (Phi) is 2.30. The molecule has 0 aromatic heterocycles. The van der Waals surface area contributed by atoms with E-state index in [0.717, 1.165) is 32.1 Å². The van der Waals surface area contributed by atoms with Crippen molar-refractivity contribution in [3.63, 3.8) is 0 Å². The largest absolute Gasteiger partial charge is 0.393 e. The van der Waals surface area contributed by atoms with Crippen LogP contribution >= 0.6 is 0 Å². The number of fused-ring (bicyclic) bond motifs is 5. The molecule has 0 spiro atoms. The fourth-order valence-corrected chi connectivity index (χ4v) is 6.68. The molecule has 0 aromatic carbocycles. The lowest BCUT2D eigenvalue weighted by molar-refractivity contribution is -0.153. The van der Waals surface area contributed by atoms with Crippen LogP contribution in [0.25, 0.3) is 0 Å². The lowest BCUT2D eigenvalue weighted by Gasteiger charge is -2.61. The summed E-state index contributed by atoms with van der Waals surface area (Å²) in [7, 11) is 0. The zero-order valence-corrected chi connectivity index (χ0v) is 14.2. The average molecular weight is 312 g/mol. The zero-order valence-electron chi connectivity index (χ0n) is 19.2. The maximum atomic E-state index is 11.0. The minimum atomic E-state index is -2.72. The van der Waals surface area contributed by atoms with Gasteiger partial charge in [-0.3, -0.25) is 0 Å². The molecule has 4 saturated carbocycles. The van der Waals surface area contributed by atoms with Crippen LogP contribution in [-0.2, 0) is 0 Å². The lowest BCUT2D eigenvalue weighted by Crippen LogP contribution is -2.56. The normalized spacial score (nSPS) is 72.5. The van der Waals surface area contributed by atoms with Crippen LogP contribution in [0.1, 0.15) is 85.3 Å². The van der Waals surface area contributed by atoms with Gasteiger partial charge in [0.05, 0.1) is 13.1 Å². The van der Waals surface area contributed by atoms with E-state index in [1.165, 1.54) is 0 Å². The lowest BCUT2D eigenvalue weighted by atomic mass is 9.44. The Bertz CT molecular complexity index is 648. The van der Waals surface area contributed by atoms with E-state index in [4.69, 9.17) is 6.85 Å². The highest BCUT2D eigenvalue weighted by molar-refractivity contribution is 5.12. The maximum absolute atomic E-state index is 11.0. The molecule has 4 aliphatic carbocycles. The molecule has 0 bridgehead atoms. The van der Waals surface area contributed by atoms with Gasteiger partial charge in [-0.15, -0.1) is 0 Å². The quantitative estimate of drug-likeness (QED) is 0.706. The summed E-state index contributed by atoms with van der Waals surface area (Å²) < 4.78 is 41.9. The van der Waals surface area contributed by atoms with Crippen LogP contribution in [0.3, 0.4) is 0 Å². The van der Waals surface area contributed by atoms with Gasteiger partial charge in [0.1, 0.15) is 0 Å². The topological polar surface area (TPSA) is 40.5 Å². The minimum Gasteiger partial charge on any atom is -0.393 e. The summed E-state index contributed by atoms with van der Waals surface area (Å²) in [5, 5.41) is 21.5. The molecule has 4 aliphatic rings. The van der Waals surface area contributed by atoms with Crippen molar-refractivity contribution < 1.29 is 17.1 Å². The van der Waals surface area contributed by atoms with Crippen LogP contribution in [-0.4, -0.2) is 21.9 Å². The fraction of sp³-hybridized carbons (Fsp3) is 1.00.